The second kappa shape index (κ2) is 6.90. The standard InChI is InChI=1S/C16H31N3O/c1-13(19(2)14-7-8-14)11-18-15(20)16(12-17)9-5-3-4-6-10-16/h13-14H,3-12,17H2,1-2H3,(H,18,20). The minimum atomic E-state index is -0.297. The molecule has 116 valence electrons. The highest BCUT2D eigenvalue weighted by Crippen LogP contribution is 2.34. The van der Waals surface area contributed by atoms with Gasteiger partial charge in [-0.2, -0.15) is 0 Å². The summed E-state index contributed by atoms with van der Waals surface area (Å²) in [6, 6.07) is 1.15. The first-order valence-corrected chi connectivity index (χ1v) is 8.29. The van der Waals surface area contributed by atoms with Crippen molar-refractivity contribution in [3.63, 3.8) is 0 Å². The molecule has 0 bridgehead atoms. The number of nitrogens with zero attached hydrogens (tertiary/aromatic N) is 1. The Morgan fingerprint density at radius 1 is 1.30 bits per heavy atom. The van der Waals surface area contributed by atoms with Gasteiger partial charge in [0, 0.05) is 25.2 Å². The topological polar surface area (TPSA) is 58.4 Å². The van der Waals surface area contributed by atoms with Crippen LogP contribution in [0.4, 0.5) is 0 Å². The number of amides is 1. The van der Waals surface area contributed by atoms with Crippen LogP contribution < -0.4 is 11.1 Å². The molecule has 3 N–H and O–H groups in total. The lowest BCUT2D eigenvalue weighted by Gasteiger charge is -2.32. The Balaban J connectivity index is 1.84. The van der Waals surface area contributed by atoms with Gasteiger partial charge in [0.1, 0.15) is 0 Å². The minimum Gasteiger partial charge on any atom is -0.354 e. The molecule has 0 aliphatic heterocycles. The summed E-state index contributed by atoms with van der Waals surface area (Å²) in [5, 5.41) is 3.17. The van der Waals surface area contributed by atoms with Crippen LogP contribution in [0.15, 0.2) is 0 Å². The summed E-state index contributed by atoms with van der Waals surface area (Å²) in [6.07, 6.45) is 9.31. The van der Waals surface area contributed by atoms with E-state index in [4.69, 9.17) is 5.73 Å². The van der Waals surface area contributed by atoms with Gasteiger partial charge in [0.25, 0.3) is 0 Å². The number of carbonyl (C=O) groups excluding carboxylic acids is 1. The quantitative estimate of drug-likeness (QED) is 0.731. The molecule has 1 atom stereocenters. The zero-order chi connectivity index (χ0) is 14.6. The van der Waals surface area contributed by atoms with Gasteiger partial charge in [-0.1, -0.05) is 25.7 Å². The molecule has 0 aromatic heterocycles. The van der Waals surface area contributed by atoms with E-state index >= 15 is 0 Å². The van der Waals surface area contributed by atoms with Gasteiger partial charge in [0.05, 0.1) is 5.41 Å². The van der Waals surface area contributed by atoms with Crippen LogP contribution in [-0.4, -0.2) is 43.0 Å². The first-order chi connectivity index (χ1) is 9.59. The molecule has 2 aliphatic carbocycles. The van der Waals surface area contributed by atoms with Crippen molar-refractivity contribution in [2.24, 2.45) is 11.1 Å². The fraction of sp³-hybridized carbons (Fsp3) is 0.938. The smallest absolute Gasteiger partial charge is 0.227 e. The summed E-state index contributed by atoms with van der Waals surface area (Å²) >= 11 is 0. The average molecular weight is 281 g/mol. The lowest BCUT2D eigenvalue weighted by atomic mass is 9.79. The van der Waals surface area contributed by atoms with Crippen molar-refractivity contribution in [3.8, 4) is 0 Å². The summed E-state index contributed by atoms with van der Waals surface area (Å²) in [5.74, 6) is 0.193. The third kappa shape index (κ3) is 3.73. The molecule has 1 amide bonds. The van der Waals surface area contributed by atoms with Crippen molar-refractivity contribution in [1.82, 2.24) is 10.2 Å². The molecule has 0 aromatic rings. The van der Waals surface area contributed by atoms with Crippen LogP contribution in [0.5, 0.6) is 0 Å². The van der Waals surface area contributed by atoms with Gasteiger partial charge in [-0.25, -0.2) is 0 Å². The Morgan fingerprint density at radius 2 is 1.90 bits per heavy atom. The zero-order valence-electron chi connectivity index (χ0n) is 13.2. The number of rotatable bonds is 6. The fourth-order valence-electron chi connectivity index (χ4n) is 3.34. The first-order valence-electron chi connectivity index (χ1n) is 8.29. The Labute approximate surface area is 123 Å². The van der Waals surface area contributed by atoms with E-state index in [9.17, 15) is 4.79 Å². The Bertz CT molecular complexity index is 320. The molecule has 0 aromatic carbocycles. The SMILES string of the molecule is CC(CNC(=O)C1(CN)CCCCCC1)N(C)C1CC1. The van der Waals surface area contributed by atoms with Crippen LogP contribution in [0, 0.1) is 5.41 Å². The highest BCUT2D eigenvalue weighted by atomic mass is 16.2. The first kappa shape index (κ1) is 15.8. The maximum absolute atomic E-state index is 12.6. The Kier molecular flexibility index (Phi) is 5.44. The van der Waals surface area contributed by atoms with Gasteiger partial charge < -0.3 is 11.1 Å². The van der Waals surface area contributed by atoms with E-state index in [0.29, 0.717) is 12.6 Å². The lowest BCUT2D eigenvalue weighted by molar-refractivity contribution is -0.131. The summed E-state index contributed by atoms with van der Waals surface area (Å²) in [5.41, 5.74) is 5.66. The van der Waals surface area contributed by atoms with Crippen molar-refractivity contribution in [3.05, 3.63) is 0 Å². The zero-order valence-corrected chi connectivity index (χ0v) is 13.2. The van der Waals surface area contributed by atoms with Crippen LogP contribution in [0.1, 0.15) is 58.3 Å². The number of hydrogen-bond acceptors (Lipinski definition) is 3. The van der Waals surface area contributed by atoms with E-state index in [2.05, 4.69) is 24.2 Å². The van der Waals surface area contributed by atoms with Gasteiger partial charge in [-0.05, 0) is 39.7 Å². The molecule has 1 unspecified atom stereocenters. The number of nitrogens with two attached hydrogens (primary N) is 1. The lowest BCUT2D eigenvalue weighted by Crippen LogP contribution is -2.49. The molecule has 4 heteroatoms. The van der Waals surface area contributed by atoms with Crippen LogP contribution >= 0.6 is 0 Å². The van der Waals surface area contributed by atoms with Crippen molar-refractivity contribution in [1.29, 1.82) is 0 Å². The van der Waals surface area contributed by atoms with Crippen LogP contribution in [0.2, 0.25) is 0 Å². The van der Waals surface area contributed by atoms with Gasteiger partial charge >= 0.3 is 0 Å². The predicted molar refractivity (Wildman–Crippen MR) is 82.4 cm³/mol. The molecule has 0 radical (unpaired) electrons. The maximum atomic E-state index is 12.6. The molecule has 0 heterocycles. The summed E-state index contributed by atoms with van der Waals surface area (Å²) in [7, 11) is 2.17. The maximum Gasteiger partial charge on any atom is 0.227 e. The molecule has 2 saturated carbocycles. The predicted octanol–water partition coefficient (Wildman–Crippen LogP) is 1.88. The van der Waals surface area contributed by atoms with Gasteiger partial charge in [0.15, 0.2) is 0 Å². The van der Waals surface area contributed by atoms with E-state index in [-0.39, 0.29) is 11.3 Å². The summed E-state index contributed by atoms with van der Waals surface area (Å²) in [4.78, 5) is 15.0. The highest BCUT2D eigenvalue weighted by molar-refractivity contribution is 5.83. The monoisotopic (exact) mass is 281 g/mol. The van der Waals surface area contributed by atoms with E-state index in [0.717, 1.165) is 38.3 Å². The van der Waals surface area contributed by atoms with Crippen LogP contribution in [0.3, 0.4) is 0 Å². The van der Waals surface area contributed by atoms with Gasteiger partial charge in [0.2, 0.25) is 5.91 Å². The minimum absolute atomic E-state index is 0.193. The van der Waals surface area contributed by atoms with Crippen LogP contribution in [0.25, 0.3) is 0 Å². The number of carbonyl (C=O) groups is 1. The Morgan fingerprint density at radius 3 is 2.40 bits per heavy atom. The third-order valence-corrected chi connectivity index (χ3v) is 5.31. The number of nitrogens with one attached hydrogen (secondary N) is 1. The second-order valence-corrected chi connectivity index (χ2v) is 6.85. The molecule has 4 nitrogen and oxygen atoms in total. The molecule has 2 fully saturated rings. The molecule has 20 heavy (non-hydrogen) atoms. The fourth-order valence-corrected chi connectivity index (χ4v) is 3.34. The third-order valence-electron chi connectivity index (χ3n) is 5.31. The van der Waals surface area contributed by atoms with E-state index < -0.39 is 0 Å². The van der Waals surface area contributed by atoms with Gasteiger partial charge in [-0.15, -0.1) is 0 Å². The van der Waals surface area contributed by atoms with E-state index in [1.807, 2.05) is 0 Å². The molecule has 0 spiro atoms. The van der Waals surface area contributed by atoms with Crippen molar-refractivity contribution in [2.45, 2.75) is 70.4 Å². The molecule has 2 rings (SSSR count). The second-order valence-electron chi connectivity index (χ2n) is 6.85. The van der Waals surface area contributed by atoms with Crippen molar-refractivity contribution < 1.29 is 4.79 Å². The van der Waals surface area contributed by atoms with Crippen LogP contribution in [-0.2, 0) is 4.79 Å². The Hall–Kier alpha value is -0.610. The number of hydrogen-bond donors (Lipinski definition) is 2. The molecular weight excluding hydrogens is 250 g/mol. The number of likely N-dealkylation sites (N-methyl/N-ethyl adjacent to an activating group) is 1. The molecule has 0 saturated heterocycles. The van der Waals surface area contributed by atoms with Gasteiger partial charge in [-0.3, -0.25) is 9.69 Å². The summed E-state index contributed by atoms with van der Waals surface area (Å²) in [6.45, 7) is 3.43. The average Bonchev–Trinajstić information content (AvgIpc) is 3.29. The highest BCUT2D eigenvalue weighted by Gasteiger charge is 2.37. The molecular formula is C16H31N3O. The summed E-state index contributed by atoms with van der Waals surface area (Å²) < 4.78 is 0. The van der Waals surface area contributed by atoms with E-state index in [1.54, 1.807) is 0 Å². The van der Waals surface area contributed by atoms with Crippen molar-refractivity contribution >= 4 is 5.91 Å². The normalized spacial score (nSPS) is 24.2. The largest absolute Gasteiger partial charge is 0.354 e. The van der Waals surface area contributed by atoms with Crippen molar-refractivity contribution in [2.75, 3.05) is 20.1 Å². The van der Waals surface area contributed by atoms with E-state index in [1.165, 1.54) is 25.7 Å². The molecule has 2 aliphatic rings.